The molecule has 1 radical (unpaired) electrons. The molecule has 5 atom stereocenters. The third-order valence-electron chi connectivity index (χ3n) is 5.96. The molecule has 0 aliphatic heterocycles. The van der Waals surface area contributed by atoms with Crippen molar-refractivity contribution in [3.8, 4) is 0 Å². The SMILES string of the molecule is CC(=O)C(N)C(C)C.CCCC1C(CC)CC(N)(C(=O)O)C1CCC[B]O. The summed E-state index contributed by atoms with van der Waals surface area (Å²) >= 11 is 0. The molecule has 1 saturated carbocycles. The molecule has 0 bridgehead atoms. The normalized spacial score (nSPS) is 28.4. The van der Waals surface area contributed by atoms with Gasteiger partial charge in [0.1, 0.15) is 11.3 Å². The van der Waals surface area contributed by atoms with Gasteiger partial charge in [-0.15, -0.1) is 0 Å². The third-order valence-corrected chi connectivity index (χ3v) is 5.96. The van der Waals surface area contributed by atoms with Gasteiger partial charge in [0.15, 0.2) is 0 Å². The lowest BCUT2D eigenvalue weighted by molar-refractivity contribution is -0.145. The van der Waals surface area contributed by atoms with E-state index in [1.54, 1.807) is 0 Å². The quantitative estimate of drug-likeness (QED) is 0.339. The van der Waals surface area contributed by atoms with Gasteiger partial charge in [0.25, 0.3) is 7.48 Å². The summed E-state index contributed by atoms with van der Waals surface area (Å²) in [4.78, 5) is 22.1. The summed E-state index contributed by atoms with van der Waals surface area (Å²) in [5, 5.41) is 18.3. The van der Waals surface area contributed by atoms with E-state index < -0.39 is 11.5 Å². The topological polar surface area (TPSA) is 127 Å². The number of nitrogens with two attached hydrogens (primary N) is 2. The molecule has 0 amide bonds. The molecule has 1 rings (SSSR count). The maximum absolute atomic E-state index is 11.6. The number of carbonyl (C=O) groups excluding carboxylic acids is 1. The molecule has 7 heteroatoms. The van der Waals surface area contributed by atoms with Gasteiger partial charge in [-0.25, -0.2) is 0 Å². The fourth-order valence-electron chi connectivity index (χ4n) is 4.28. The number of rotatable bonds is 10. The van der Waals surface area contributed by atoms with Crippen LogP contribution in [0.1, 0.15) is 73.1 Å². The number of carboxylic acids is 1. The Hall–Kier alpha value is -0.915. The Bertz CT molecular complexity index is 461. The molecule has 0 aromatic heterocycles. The van der Waals surface area contributed by atoms with Crippen LogP contribution in [0.5, 0.6) is 0 Å². The second-order valence-corrected chi connectivity index (χ2v) is 8.27. The van der Waals surface area contributed by atoms with Crippen molar-refractivity contribution < 1.29 is 19.7 Å². The molecule has 5 unspecified atom stereocenters. The van der Waals surface area contributed by atoms with E-state index >= 15 is 0 Å². The summed E-state index contributed by atoms with van der Waals surface area (Å²) in [5.74, 6) is 0.351. The summed E-state index contributed by atoms with van der Waals surface area (Å²) in [5.41, 5.74) is 10.6. The molecule has 27 heavy (non-hydrogen) atoms. The highest BCUT2D eigenvalue weighted by molar-refractivity contribution is 6.25. The first-order chi connectivity index (χ1) is 12.6. The predicted octanol–water partition coefficient (Wildman–Crippen LogP) is 2.60. The van der Waals surface area contributed by atoms with E-state index in [4.69, 9.17) is 16.5 Å². The standard InChI is InChI=1S/C14H27BNO3.C6H13NO/c1-3-6-11-10(4-2)9-14(16,13(17)18)12(11)7-5-8-15-19;1-4(2)6(7)5(3)8/h10-12,19H,3-9,16H2,1-2H3,(H,17,18);4,6H,7H2,1-3H3. The second-order valence-electron chi connectivity index (χ2n) is 8.27. The van der Waals surface area contributed by atoms with Crippen LogP contribution in [0.4, 0.5) is 0 Å². The van der Waals surface area contributed by atoms with E-state index in [0.717, 1.165) is 39.6 Å². The Morgan fingerprint density at radius 1 is 1.26 bits per heavy atom. The molecule has 1 aliphatic rings. The molecule has 6 N–H and O–H groups in total. The first-order valence-corrected chi connectivity index (χ1v) is 10.3. The highest BCUT2D eigenvalue weighted by atomic mass is 16.4. The zero-order chi connectivity index (χ0) is 21.2. The molecule has 0 spiro atoms. The Labute approximate surface area is 165 Å². The number of hydrogen-bond acceptors (Lipinski definition) is 5. The van der Waals surface area contributed by atoms with Crippen LogP contribution < -0.4 is 11.5 Å². The first-order valence-electron chi connectivity index (χ1n) is 10.3. The van der Waals surface area contributed by atoms with Gasteiger partial charge < -0.3 is 21.6 Å². The molecule has 0 saturated heterocycles. The summed E-state index contributed by atoms with van der Waals surface area (Å²) in [6.45, 7) is 9.66. The van der Waals surface area contributed by atoms with Crippen LogP contribution in [-0.4, -0.2) is 40.9 Å². The van der Waals surface area contributed by atoms with E-state index in [1.807, 2.05) is 13.8 Å². The maximum Gasteiger partial charge on any atom is 0.323 e. The van der Waals surface area contributed by atoms with Crippen molar-refractivity contribution in [1.29, 1.82) is 0 Å². The molecule has 157 valence electrons. The fraction of sp³-hybridized carbons (Fsp3) is 0.900. The summed E-state index contributed by atoms with van der Waals surface area (Å²) in [7, 11) is 1.15. The predicted molar refractivity (Wildman–Crippen MR) is 110 cm³/mol. The molecule has 0 aromatic carbocycles. The van der Waals surface area contributed by atoms with Crippen molar-refractivity contribution in [3.05, 3.63) is 0 Å². The minimum absolute atomic E-state index is 0.0369. The Kier molecular flexibility index (Phi) is 12.1. The average Bonchev–Trinajstić information content (AvgIpc) is 2.88. The Balaban J connectivity index is 0.000000713. The lowest BCUT2D eigenvalue weighted by Crippen LogP contribution is -2.52. The summed E-state index contributed by atoms with van der Waals surface area (Å²) < 4.78 is 0. The molecular formula is C20H40BN2O4. The molecule has 0 heterocycles. The van der Waals surface area contributed by atoms with Crippen LogP contribution >= 0.6 is 0 Å². The Morgan fingerprint density at radius 3 is 2.19 bits per heavy atom. The van der Waals surface area contributed by atoms with Gasteiger partial charge >= 0.3 is 5.97 Å². The number of carbonyl (C=O) groups is 2. The van der Waals surface area contributed by atoms with Gasteiger partial charge in [0.2, 0.25) is 0 Å². The number of aliphatic carboxylic acids is 1. The highest BCUT2D eigenvalue weighted by Crippen LogP contribution is 2.49. The van der Waals surface area contributed by atoms with E-state index in [9.17, 15) is 14.7 Å². The largest absolute Gasteiger partial charge is 0.480 e. The fourth-order valence-corrected chi connectivity index (χ4v) is 4.28. The van der Waals surface area contributed by atoms with Gasteiger partial charge in [-0.1, -0.05) is 59.7 Å². The molecule has 1 aliphatic carbocycles. The third kappa shape index (κ3) is 7.55. The maximum atomic E-state index is 11.6. The minimum Gasteiger partial charge on any atom is -0.480 e. The van der Waals surface area contributed by atoms with Crippen molar-refractivity contribution in [2.24, 2.45) is 35.1 Å². The van der Waals surface area contributed by atoms with Crippen LogP contribution in [0.3, 0.4) is 0 Å². The van der Waals surface area contributed by atoms with E-state index in [-0.39, 0.29) is 23.7 Å². The van der Waals surface area contributed by atoms with Crippen molar-refractivity contribution in [2.75, 3.05) is 0 Å². The minimum atomic E-state index is -1.07. The number of ketones is 1. The smallest absolute Gasteiger partial charge is 0.323 e. The van der Waals surface area contributed by atoms with Crippen LogP contribution in [0.25, 0.3) is 0 Å². The van der Waals surface area contributed by atoms with Gasteiger partial charge in [0.05, 0.1) is 6.04 Å². The average molecular weight is 383 g/mol. The van der Waals surface area contributed by atoms with Crippen molar-refractivity contribution in [3.63, 3.8) is 0 Å². The monoisotopic (exact) mass is 383 g/mol. The van der Waals surface area contributed by atoms with Crippen LogP contribution in [0.15, 0.2) is 0 Å². The van der Waals surface area contributed by atoms with Crippen molar-refractivity contribution in [2.45, 2.75) is 91.0 Å². The molecular weight excluding hydrogens is 343 g/mol. The van der Waals surface area contributed by atoms with Crippen molar-refractivity contribution in [1.82, 2.24) is 0 Å². The first kappa shape index (κ1) is 26.1. The molecule has 0 aromatic rings. The van der Waals surface area contributed by atoms with Gasteiger partial charge in [-0.05, 0) is 43.4 Å². The number of carboxylic acid groups (broad SMARTS) is 1. The zero-order valence-corrected chi connectivity index (χ0v) is 17.8. The van der Waals surface area contributed by atoms with E-state index in [1.165, 1.54) is 6.92 Å². The zero-order valence-electron chi connectivity index (χ0n) is 17.8. The Morgan fingerprint density at radius 2 is 1.85 bits per heavy atom. The lowest BCUT2D eigenvalue weighted by atomic mass is 9.76. The van der Waals surface area contributed by atoms with E-state index in [0.29, 0.717) is 24.6 Å². The van der Waals surface area contributed by atoms with Gasteiger partial charge in [0, 0.05) is 0 Å². The number of hydrogen-bond donors (Lipinski definition) is 4. The van der Waals surface area contributed by atoms with Crippen LogP contribution in [0.2, 0.25) is 6.32 Å². The molecule has 1 fully saturated rings. The van der Waals surface area contributed by atoms with Crippen LogP contribution in [0, 0.1) is 23.7 Å². The molecule has 6 nitrogen and oxygen atoms in total. The number of Topliss-reactive ketones (excluding diaryl/α,β-unsaturated/α-hetero) is 1. The van der Waals surface area contributed by atoms with Crippen LogP contribution in [-0.2, 0) is 9.59 Å². The lowest BCUT2D eigenvalue weighted by Gasteiger charge is -2.30. The van der Waals surface area contributed by atoms with Crippen molar-refractivity contribution >= 4 is 19.2 Å². The summed E-state index contributed by atoms with van der Waals surface area (Å²) in [6.07, 6.45) is 5.93. The van der Waals surface area contributed by atoms with E-state index in [2.05, 4.69) is 13.8 Å². The second kappa shape index (κ2) is 12.5. The summed E-state index contributed by atoms with van der Waals surface area (Å²) in [6, 6.07) is -0.269. The van der Waals surface area contributed by atoms with Gasteiger partial charge in [-0.3, -0.25) is 9.59 Å². The highest BCUT2D eigenvalue weighted by Gasteiger charge is 2.54. The van der Waals surface area contributed by atoms with Gasteiger partial charge in [-0.2, -0.15) is 0 Å².